The molecule has 0 aliphatic heterocycles. The van der Waals surface area contributed by atoms with E-state index in [2.05, 4.69) is 15.5 Å². The molecule has 3 rings (SSSR count). The first-order valence-corrected chi connectivity index (χ1v) is 12.0. The van der Waals surface area contributed by atoms with Gasteiger partial charge in [0.25, 0.3) is 11.8 Å². The van der Waals surface area contributed by atoms with Crippen LogP contribution in [-0.2, 0) is 15.9 Å². The molecule has 1 unspecified atom stereocenters. The van der Waals surface area contributed by atoms with E-state index in [9.17, 15) is 22.2 Å². The van der Waals surface area contributed by atoms with Gasteiger partial charge in [-0.05, 0) is 74.2 Å². The number of aromatic nitrogens is 2. The van der Waals surface area contributed by atoms with Gasteiger partial charge in [-0.3, -0.25) is 4.79 Å². The molecule has 2 aromatic carbocycles. The van der Waals surface area contributed by atoms with Gasteiger partial charge in [-0.2, -0.15) is 13.2 Å². The molecule has 0 saturated heterocycles. The van der Waals surface area contributed by atoms with Crippen LogP contribution in [0.15, 0.2) is 41.3 Å². The van der Waals surface area contributed by atoms with Crippen molar-refractivity contribution >= 4 is 21.3 Å². The van der Waals surface area contributed by atoms with Crippen LogP contribution in [0.2, 0.25) is 0 Å². The topological polar surface area (TPSA) is 105 Å². The fraction of sp³-hybridized carbons (Fsp3) is 0.261. The molecule has 1 heterocycles. The molecule has 0 radical (unpaired) electrons. The number of aryl methyl sites for hydroxylation is 2. The van der Waals surface area contributed by atoms with E-state index in [0.717, 1.165) is 23.6 Å². The first-order chi connectivity index (χ1) is 15.7. The number of hydrogen-bond acceptors (Lipinski definition) is 6. The largest absolute Gasteiger partial charge is 0.437 e. The Morgan fingerprint density at radius 3 is 2.35 bits per heavy atom. The van der Waals surface area contributed by atoms with Gasteiger partial charge >= 0.3 is 6.18 Å². The van der Waals surface area contributed by atoms with E-state index in [0.29, 0.717) is 5.75 Å². The van der Waals surface area contributed by atoms with Crippen LogP contribution in [0.1, 0.15) is 38.3 Å². The van der Waals surface area contributed by atoms with Crippen molar-refractivity contribution in [2.24, 2.45) is 0 Å². The predicted molar refractivity (Wildman–Crippen MR) is 122 cm³/mol. The molecule has 180 valence electrons. The maximum atomic E-state index is 13.5. The van der Waals surface area contributed by atoms with Crippen LogP contribution in [0.5, 0.6) is 11.6 Å². The molecule has 0 bridgehead atoms. The van der Waals surface area contributed by atoms with Crippen molar-refractivity contribution in [3.63, 3.8) is 0 Å². The molecule has 0 aliphatic rings. The number of amides is 1. The number of rotatable bonds is 5. The van der Waals surface area contributed by atoms with E-state index in [1.54, 1.807) is 13.0 Å². The van der Waals surface area contributed by atoms with Gasteiger partial charge < -0.3 is 10.1 Å². The summed E-state index contributed by atoms with van der Waals surface area (Å²) in [6.07, 6.45) is -3.61. The summed E-state index contributed by atoms with van der Waals surface area (Å²) in [6.45, 7) is 6.59. The molecule has 11 heteroatoms. The monoisotopic (exact) mass is 492 g/mol. The Labute approximate surface area is 195 Å². The third-order valence-electron chi connectivity index (χ3n) is 5.19. The van der Waals surface area contributed by atoms with Crippen molar-refractivity contribution in [2.45, 2.75) is 38.8 Å². The summed E-state index contributed by atoms with van der Waals surface area (Å²) in [4.78, 5) is 13.3. The molecule has 2 N–H and O–H groups in total. The number of benzene rings is 2. The summed E-state index contributed by atoms with van der Waals surface area (Å²) in [5, 5.41) is 9.36. The van der Waals surface area contributed by atoms with Gasteiger partial charge in [0.1, 0.15) is 11.3 Å². The number of carbonyl (C=O) groups is 1. The maximum absolute atomic E-state index is 13.5. The van der Waals surface area contributed by atoms with Gasteiger partial charge in [-0.1, -0.05) is 12.1 Å². The fourth-order valence-electron chi connectivity index (χ4n) is 3.33. The lowest BCUT2D eigenvalue weighted by Gasteiger charge is -2.17. The zero-order chi connectivity index (χ0) is 25.4. The summed E-state index contributed by atoms with van der Waals surface area (Å²) in [6, 6.07) is 9.35. The third-order valence-corrected chi connectivity index (χ3v) is 6.35. The molecular formula is C23H23F3N4O3S. The van der Waals surface area contributed by atoms with E-state index < -0.39 is 38.6 Å². The number of hydrogen-bond donors (Lipinski definition) is 2. The molecule has 34 heavy (non-hydrogen) atoms. The molecule has 0 aliphatic carbocycles. The van der Waals surface area contributed by atoms with Gasteiger partial charge in [0.15, 0.2) is 5.69 Å². The fourth-order valence-corrected chi connectivity index (χ4v) is 4.02. The van der Waals surface area contributed by atoms with E-state index in [-0.39, 0.29) is 16.5 Å². The number of halogens is 3. The number of alkyl halides is 3. The summed E-state index contributed by atoms with van der Waals surface area (Å²) in [5.41, 5.74) is 0.449. The van der Waals surface area contributed by atoms with Crippen molar-refractivity contribution in [3.8, 4) is 11.6 Å². The van der Waals surface area contributed by atoms with Crippen LogP contribution in [0.4, 0.5) is 18.9 Å². The minimum atomic E-state index is -4.83. The maximum Gasteiger partial charge on any atom is 0.435 e. The van der Waals surface area contributed by atoms with Crippen LogP contribution in [0.3, 0.4) is 0 Å². The van der Waals surface area contributed by atoms with E-state index in [1.165, 1.54) is 30.5 Å². The van der Waals surface area contributed by atoms with Gasteiger partial charge in [-0.25, -0.2) is 8.99 Å². The molecule has 7 nitrogen and oxygen atoms in total. The quantitative estimate of drug-likeness (QED) is 0.468. The standard InChI is InChI=1S/C23H23F3N4O3S/c1-12-9-13(2)14(3)18(10-12)33-22-19(15(4)20(29-30-22)23(24,25)26)21(31)28-16-7-6-8-17(11-16)34(5,27)32/h6-11,27H,1-5H3,(H,28,31). The summed E-state index contributed by atoms with van der Waals surface area (Å²) < 4.78 is 66.1. The van der Waals surface area contributed by atoms with Crippen molar-refractivity contribution in [2.75, 3.05) is 11.6 Å². The highest BCUT2D eigenvalue weighted by molar-refractivity contribution is 7.91. The van der Waals surface area contributed by atoms with Crippen LogP contribution in [-0.4, -0.2) is 26.6 Å². The Hall–Kier alpha value is -3.47. The Balaban J connectivity index is 2.11. The van der Waals surface area contributed by atoms with E-state index in [1.807, 2.05) is 19.9 Å². The highest BCUT2D eigenvalue weighted by Crippen LogP contribution is 2.36. The number of ether oxygens (including phenoxy) is 1. The lowest BCUT2D eigenvalue weighted by atomic mass is 10.1. The molecule has 1 aromatic heterocycles. The third kappa shape index (κ3) is 5.36. The van der Waals surface area contributed by atoms with Gasteiger partial charge in [0.2, 0.25) is 0 Å². The van der Waals surface area contributed by atoms with Gasteiger partial charge in [0, 0.05) is 16.8 Å². The van der Waals surface area contributed by atoms with Crippen LogP contribution >= 0.6 is 0 Å². The van der Waals surface area contributed by atoms with Gasteiger partial charge in [0.05, 0.1) is 9.73 Å². The Bertz CT molecular complexity index is 1390. The zero-order valence-corrected chi connectivity index (χ0v) is 19.9. The minimum absolute atomic E-state index is 0.155. The Kier molecular flexibility index (Phi) is 6.70. The van der Waals surface area contributed by atoms with Crippen LogP contribution < -0.4 is 10.1 Å². The highest BCUT2D eigenvalue weighted by Gasteiger charge is 2.38. The second-order valence-corrected chi connectivity index (χ2v) is 10.1. The number of nitrogens with one attached hydrogen (secondary N) is 2. The van der Waals surface area contributed by atoms with Crippen molar-refractivity contribution in [1.82, 2.24) is 10.2 Å². The average Bonchev–Trinajstić information content (AvgIpc) is 2.70. The molecule has 1 atom stereocenters. The number of nitrogens with zero attached hydrogens (tertiary/aromatic N) is 2. The lowest BCUT2D eigenvalue weighted by molar-refractivity contribution is -0.142. The summed E-state index contributed by atoms with van der Waals surface area (Å²) in [7, 11) is -3.07. The SMILES string of the molecule is Cc1cc(C)c(C)c(Oc2nnc(C(F)(F)F)c(C)c2C(=O)Nc2cccc(S(C)(=N)=O)c2)c1. The van der Waals surface area contributed by atoms with Crippen molar-refractivity contribution in [3.05, 3.63) is 69.9 Å². The Morgan fingerprint density at radius 1 is 1.06 bits per heavy atom. The number of anilines is 1. The predicted octanol–water partition coefficient (Wildman–Crippen LogP) is 5.81. The second-order valence-electron chi connectivity index (χ2n) is 7.98. The summed E-state index contributed by atoms with van der Waals surface area (Å²) in [5.74, 6) is -0.964. The van der Waals surface area contributed by atoms with E-state index >= 15 is 0 Å². The first kappa shape index (κ1) is 25.2. The van der Waals surface area contributed by atoms with Gasteiger partial charge in [-0.15, -0.1) is 10.2 Å². The van der Waals surface area contributed by atoms with Crippen molar-refractivity contribution < 1.29 is 26.9 Å². The minimum Gasteiger partial charge on any atom is -0.437 e. The molecular weight excluding hydrogens is 469 g/mol. The average molecular weight is 493 g/mol. The molecule has 3 aromatic rings. The molecule has 0 fully saturated rings. The molecule has 1 amide bonds. The smallest absolute Gasteiger partial charge is 0.435 e. The second kappa shape index (κ2) is 9.05. The van der Waals surface area contributed by atoms with Crippen molar-refractivity contribution in [1.29, 1.82) is 4.78 Å². The zero-order valence-electron chi connectivity index (χ0n) is 19.1. The highest BCUT2D eigenvalue weighted by atomic mass is 32.2. The summed E-state index contributed by atoms with van der Waals surface area (Å²) >= 11 is 0. The lowest BCUT2D eigenvalue weighted by Crippen LogP contribution is -2.21. The van der Waals surface area contributed by atoms with Crippen LogP contribution in [0, 0.1) is 32.5 Å². The van der Waals surface area contributed by atoms with Crippen LogP contribution in [0.25, 0.3) is 0 Å². The number of carbonyl (C=O) groups excluding carboxylic acids is 1. The first-order valence-electron chi connectivity index (χ1n) is 10.0. The normalized spacial score (nSPS) is 13.3. The van der Waals surface area contributed by atoms with E-state index in [4.69, 9.17) is 9.52 Å². The Morgan fingerprint density at radius 2 is 1.74 bits per heavy atom. The molecule has 0 spiro atoms. The molecule has 0 saturated carbocycles.